The van der Waals surface area contributed by atoms with Crippen molar-refractivity contribution in [1.82, 2.24) is 15.0 Å². The lowest BCUT2D eigenvalue weighted by atomic mass is 10.1. The minimum Gasteiger partial charge on any atom is -0.477 e. The van der Waals surface area contributed by atoms with Crippen molar-refractivity contribution >= 4 is 12.0 Å². The van der Waals surface area contributed by atoms with E-state index in [1.54, 1.807) is 12.4 Å². The molecule has 1 aromatic carbocycles. The van der Waals surface area contributed by atoms with Crippen molar-refractivity contribution in [3.8, 4) is 5.88 Å². The number of benzene rings is 1. The largest absolute Gasteiger partial charge is 0.477 e. The van der Waals surface area contributed by atoms with Gasteiger partial charge in [0, 0.05) is 37.5 Å². The van der Waals surface area contributed by atoms with E-state index in [4.69, 9.17) is 14.5 Å². The first kappa shape index (κ1) is 21.9. The van der Waals surface area contributed by atoms with Crippen molar-refractivity contribution < 1.29 is 9.47 Å². The van der Waals surface area contributed by atoms with E-state index < -0.39 is 0 Å². The molecule has 0 saturated carbocycles. The van der Waals surface area contributed by atoms with Crippen LogP contribution in [0, 0.1) is 13.8 Å². The predicted octanol–water partition coefficient (Wildman–Crippen LogP) is 3.57. The molecule has 2 aromatic heterocycles. The molecule has 1 aliphatic rings. The smallest absolute Gasteiger partial charge is 0.219 e. The molecule has 4 rings (SSSR count). The summed E-state index contributed by atoms with van der Waals surface area (Å²) in [5.74, 6) is 1.93. The monoisotopic (exact) mass is 431 g/mol. The fourth-order valence-corrected chi connectivity index (χ4v) is 3.46. The summed E-state index contributed by atoms with van der Waals surface area (Å²) in [6.45, 7) is 8.28. The first-order valence-electron chi connectivity index (χ1n) is 11.0. The Hall–Kier alpha value is -3.32. The molecule has 7 heteroatoms. The molecule has 0 N–H and O–H groups in total. The molecule has 0 spiro atoms. The highest BCUT2D eigenvalue weighted by Gasteiger charge is 2.15. The molecule has 1 aliphatic heterocycles. The Morgan fingerprint density at radius 2 is 1.94 bits per heavy atom. The second-order valence-electron chi connectivity index (χ2n) is 7.83. The van der Waals surface area contributed by atoms with Crippen LogP contribution in [0.3, 0.4) is 0 Å². The highest BCUT2D eigenvalue weighted by atomic mass is 16.5. The van der Waals surface area contributed by atoms with E-state index >= 15 is 0 Å². The summed E-state index contributed by atoms with van der Waals surface area (Å²) in [5.41, 5.74) is 4.71. The second kappa shape index (κ2) is 10.8. The van der Waals surface area contributed by atoms with E-state index in [9.17, 15) is 0 Å². The molecule has 7 nitrogen and oxygen atoms in total. The molecule has 0 unspecified atom stereocenters. The van der Waals surface area contributed by atoms with Crippen LogP contribution in [-0.4, -0.2) is 54.1 Å². The summed E-state index contributed by atoms with van der Waals surface area (Å²) < 4.78 is 11.4. The molecule has 0 amide bonds. The molecule has 0 aliphatic carbocycles. The molecule has 166 valence electrons. The van der Waals surface area contributed by atoms with Crippen LogP contribution < -0.4 is 9.64 Å². The number of aliphatic imine (C=N–C) groups is 1. The van der Waals surface area contributed by atoms with Crippen LogP contribution in [0.1, 0.15) is 28.2 Å². The molecule has 1 saturated heterocycles. The van der Waals surface area contributed by atoms with Gasteiger partial charge in [-0.2, -0.15) is 4.98 Å². The summed E-state index contributed by atoms with van der Waals surface area (Å²) in [6.07, 6.45) is 4.24. The Morgan fingerprint density at radius 1 is 1.06 bits per heavy atom. The van der Waals surface area contributed by atoms with Crippen LogP contribution in [0.2, 0.25) is 0 Å². The lowest BCUT2D eigenvalue weighted by molar-refractivity contribution is 0.122. The molecule has 32 heavy (non-hydrogen) atoms. The van der Waals surface area contributed by atoms with E-state index in [-0.39, 0.29) is 0 Å². The summed E-state index contributed by atoms with van der Waals surface area (Å²) >= 11 is 0. The number of rotatable bonds is 8. The molecular formula is C25H29N5O2. The van der Waals surface area contributed by atoms with Crippen LogP contribution in [-0.2, 0) is 17.7 Å². The van der Waals surface area contributed by atoms with E-state index in [0.717, 1.165) is 24.6 Å². The fourth-order valence-electron chi connectivity index (χ4n) is 3.46. The standard InChI is InChI=1S/C25H29N5O2/c1-19-6-7-21(15-20(19)2)17-26-18-23-28-24(30-10-13-31-14-11-30)16-25(29-23)32-12-8-22-5-3-4-9-27-22/h3-7,9,15-16,18H,8,10-14,17H2,1-2H3. The van der Waals surface area contributed by atoms with Gasteiger partial charge in [0.05, 0.1) is 32.6 Å². The number of ether oxygens (including phenoxy) is 2. The van der Waals surface area contributed by atoms with Crippen molar-refractivity contribution in [2.45, 2.75) is 26.8 Å². The number of nitrogens with zero attached hydrogens (tertiary/aromatic N) is 5. The lowest BCUT2D eigenvalue weighted by Gasteiger charge is -2.28. The fraction of sp³-hybridized carbons (Fsp3) is 0.360. The van der Waals surface area contributed by atoms with Crippen molar-refractivity contribution in [1.29, 1.82) is 0 Å². The van der Waals surface area contributed by atoms with Gasteiger partial charge in [-0.1, -0.05) is 24.3 Å². The molecular weight excluding hydrogens is 402 g/mol. The number of aryl methyl sites for hydroxylation is 2. The molecule has 0 radical (unpaired) electrons. The SMILES string of the molecule is Cc1ccc(CN=Cc2nc(OCCc3ccccn3)cc(N3CCOCC3)n2)cc1C. The van der Waals surface area contributed by atoms with E-state index in [2.05, 4.69) is 51.9 Å². The minimum atomic E-state index is 0.496. The Labute approximate surface area is 189 Å². The van der Waals surface area contributed by atoms with Gasteiger partial charge in [0.25, 0.3) is 0 Å². The van der Waals surface area contributed by atoms with Crippen LogP contribution in [0.25, 0.3) is 0 Å². The Kier molecular flexibility index (Phi) is 7.40. The number of morpholine rings is 1. The summed E-state index contributed by atoms with van der Waals surface area (Å²) in [5, 5.41) is 0. The first-order valence-corrected chi connectivity index (χ1v) is 11.0. The minimum absolute atomic E-state index is 0.496. The van der Waals surface area contributed by atoms with Gasteiger partial charge in [-0.15, -0.1) is 0 Å². The normalized spacial score (nSPS) is 14.1. The van der Waals surface area contributed by atoms with Crippen molar-refractivity contribution in [2.75, 3.05) is 37.8 Å². The average Bonchev–Trinajstić information content (AvgIpc) is 2.83. The van der Waals surface area contributed by atoms with E-state index in [1.165, 1.54) is 16.7 Å². The van der Waals surface area contributed by atoms with Crippen molar-refractivity contribution in [2.24, 2.45) is 4.99 Å². The van der Waals surface area contributed by atoms with Gasteiger partial charge in [-0.05, 0) is 42.7 Å². The third kappa shape index (κ3) is 6.11. The average molecular weight is 432 g/mol. The predicted molar refractivity (Wildman–Crippen MR) is 126 cm³/mol. The lowest BCUT2D eigenvalue weighted by Crippen LogP contribution is -2.37. The molecule has 1 fully saturated rings. The zero-order valence-electron chi connectivity index (χ0n) is 18.7. The third-order valence-corrected chi connectivity index (χ3v) is 5.43. The van der Waals surface area contributed by atoms with Gasteiger partial charge in [0.15, 0.2) is 5.82 Å². The molecule has 0 atom stereocenters. The topological polar surface area (TPSA) is 72.7 Å². The van der Waals surface area contributed by atoms with Crippen molar-refractivity contribution in [3.63, 3.8) is 0 Å². The highest BCUT2D eigenvalue weighted by molar-refractivity contribution is 5.75. The number of anilines is 1. The summed E-state index contributed by atoms with van der Waals surface area (Å²) in [4.78, 5) is 20.4. The van der Waals surface area contributed by atoms with Gasteiger partial charge in [0.2, 0.25) is 5.88 Å². The zero-order valence-corrected chi connectivity index (χ0v) is 18.7. The Balaban J connectivity index is 1.47. The number of pyridine rings is 1. The van der Waals surface area contributed by atoms with E-state index in [1.807, 2.05) is 24.3 Å². The van der Waals surface area contributed by atoms with Gasteiger partial charge in [0.1, 0.15) is 5.82 Å². The van der Waals surface area contributed by atoms with Crippen LogP contribution >= 0.6 is 0 Å². The second-order valence-corrected chi connectivity index (χ2v) is 7.83. The Bertz CT molecular complexity index is 1050. The quantitative estimate of drug-likeness (QED) is 0.508. The van der Waals surface area contributed by atoms with Gasteiger partial charge in [-0.25, -0.2) is 4.98 Å². The van der Waals surface area contributed by atoms with Crippen molar-refractivity contribution in [3.05, 3.63) is 76.9 Å². The molecule has 0 bridgehead atoms. The zero-order chi connectivity index (χ0) is 22.2. The third-order valence-electron chi connectivity index (χ3n) is 5.43. The molecule has 3 aromatic rings. The van der Waals surface area contributed by atoms with Crippen LogP contribution in [0.15, 0.2) is 53.7 Å². The van der Waals surface area contributed by atoms with E-state index in [0.29, 0.717) is 44.5 Å². The Morgan fingerprint density at radius 3 is 2.72 bits per heavy atom. The van der Waals surface area contributed by atoms with Gasteiger partial charge in [-0.3, -0.25) is 9.98 Å². The maximum Gasteiger partial charge on any atom is 0.219 e. The maximum atomic E-state index is 5.96. The summed E-state index contributed by atoms with van der Waals surface area (Å²) in [7, 11) is 0. The van der Waals surface area contributed by atoms with Crippen LogP contribution in [0.4, 0.5) is 5.82 Å². The summed E-state index contributed by atoms with van der Waals surface area (Å²) in [6, 6.07) is 14.2. The maximum absolute atomic E-state index is 5.96. The number of hydrogen-bond acceptors (Lipinski definition) is 7. The highest BCUT2D eigenvalue weighted by Crippen LogP contribution is 2.19. The number of aromatic nitrogens is 3. The first-order chi connectivity index (χ1) is 15.7. The molecule has 3 heterocycles. The van der Waals surface area contributed by atoms with Gasteiger partial charge >= 0.3 is 0 Å². The number of hydrogen-bond donors (Lipinski definition) is 0. The van der Waals surface area contributed by atoms with Gasteiger partial charge < -0.3 is 14.4 Å². The van der Waals surface area contributed by atoms with Crippen LogP contribution in [0.5, 0.6) is 5.88 Å².